The van der Waals surface area contributed by atoms with Crippen molar-refractivity contribution in [1.29, 1.82) is 0 Å². The number of thiophene rings is 1. The van der Waals surface area contributed by atoms with Crippen LogP contribution in [0.1, 0.15) is 52.5 Å². The van der Waals surface area contributed by atoms with Gasteiger partial charge in [-0.25, -0.2) is 13.5 Å². The van der Waals surface area contributed by atoms with E-state index in [9.17, 15) is 27.2 Å². The summed E-state index contributed by atoms with van der Waals surface area (Å²) in [4.78, 5) is 27.0. The number of ether oxygens (including phenoxy) is 1. The molecule has 0 bridgehead atoms. The minimum absolute atomic E-state index is 0.0669. The SMILES string of the molecule is Cn1nc(OC(F)F)cc1Nc1nncn1[C@H]1CCc2sc(NC(=O)[C@H]3C[C@@H]3F)c(C(=O)NC[C@H]3C[C@H](F)C3)c2C1. The van der Waals surface area contributed by atoms with Gasteiger partial charge in [-0.1, -0.05) is 0 Å². The molecule has 3 aromatic rings. The Morgan fingerprint density at radius 3 is 2.73 bits per heavy atom. The number of anilines is 3. The van der Waals surface area contributed by atoms with Gasteiger partial charge in [-0.05, 0) is 50.0 Å². The van der Waals surface area contributed by atoms with Gasteiger partial charge in [0.15, 0.2) is 0 Å². The summed E-state index contributed by atoms with van der Waals surface area (Å²) in [5, 5.41) is 21.1. The minimum Gasteiger partial charge on any atom is -0.415 e. The standard InChI is InChI=1S/C25H28F4N8O3S/c1-36-18(8-19(35-36)40-24(28)29)32-25-34-31-10-37(25)13-2-3-17-15(6-13)20(22(39)30-9-11-4-12(26)5-11)23(41-17)33-21(38)14-7-16(14)27/h8,10-14,16,24H,2-7,9H2,1H3,(H,30,39)(H,32,34)(H,33,38)/t11-,12-,13-,14-,16-/m0/s1. The number of nitrogens with one attached hydrogen (secondary N) is 3. The maximum atomic E-state index is 13.6. The van der Waals surface area contributed by atoms with E-state index in [-0.39, 0.29) is 30.2 Å². The van der Waals surface area contributed by atoms with Crippen LogP contribution in [-0.4, -0.2) is 61.9 Å². The summed E-state index contributed by atoms with van der Waals surface area (Å²) in [6, 6.07) is 1.14. The number of aromatic nitrogens is 5. The summed E-state index contributed by atoms with van der Waals surface area (Å²) < 4.78 is 59.6. The third kappa shape index (κ3) is 5.74. The highest BCUT2D eigenvalue weighted by Crippen LogP contribution is 2.43. The van der Waals surface area contributed by atoms with E-state index in [1.54, 1.807) is 11.6 Å². The lowest BCUT2D eigenvalue weighted by molar-refractivity contribution is -0.117. The van der Waals surface area contributed by atoms with E-state index in [0.717, 1.165) is 10.4 Å². The van der Waals surface area contributed by atoms with Gasteiger partial charge in [0.25, 0.3) is 5.91 Å². The number of amides is 2. The zero-order valence-electron chi connectivity index (χ0n) is 21.9. The van der Waals surface area contributed by atoms with Gasteiger partial charge in [-0.15, -0.1) is 26.6 Å². The van der Waals surface area contributed by atoms with Gasteiger partial charge in [0.05, 0.1) is 11.5 Å². The molecule has 0 aromatic carbocycles. The number of aryl methyl sites for hydroxylation is 2. The molecule has 0 aliphatic heterocycles. The van der Waals surface area contributed by atoms with E-state index in [4.69, 9.17) is 0 Å². The van der Waals surface area contributed by atoms with Crippen molar-refractivity contribution in [2.45, 2.75) is 63.5 Å². The number of carbonyl (C=O) groups excluding carboxylic acids is 2. The Bertz CT molecular complexity index is 1450. The van der Waals surface area contributed by atoms with Crippen LogP contribution in [-0.2, 0) is 24.7 Å². The summed E-state index contributed by atoms with van der Waals surface area (Å²) in [6.07, 6.45) is 2.22. The molecule has 3 heterocycles. The molecule has 0 radical (unpaired) electrons. The first-order valence-electron chi connectivity index (χ1n) is 13.3. The number of carbonyl (C=O) groups is 2. The molecule has 6 rings (SSSR count). The van der Waals surface area contributed by atoms with Crippen LogP contribution in [0.4, 0.5) is 34.3 Å². The largest absolute Gasteiger partial charge is 0.415 e. The van der Waals surface area contributed by atoms with Gasteiger partial charge in [0.2, 0.25) is 17.7 Å². The van der Waals surface area contributed by atoms with E-state index >= 15 is 0 Å². The molecule has 3 aliphatic carbocycles. The number of hydrogen-bond acceptors (Lipinski definition) is 8. The van der Waals surface area contributed by atoms with Crippen molar-refractivity contribution in [2.75, 3.05) is 17.2 Å². The van der Waals surface area contributed by atoms with Crippen molar-refractivity contribution < 1.29 is 31.9 Å². The molecule has 0 unspecified atom stereocenters. The lowest BCUT2D eigenvalue weighted by Crippen LogP contribution is -2.37. The third-order valence-corrected chi connectivity index (χ3v) is 8.96. The summed E-state index contributed by atoms with van der Waals surface area (Å²) >= 11 is 1.32. The molecule has 2 amide bonds. The molecule has 41 heavy (non-hydrogen) atoms. The first-order valence-corrected chi connectivity index (χ1v) is 14.1. The van der Waals surface area contributed by atoms with Crippen LogP contribution in [0.25, 0.3) is 0 Å². The van der Waals surface area contributed by atoms with Crippen LogP contribution in [0.3, 0.4) is 0 Å². The lowest BCUT2D eigenvalue weighted by Gasteiger charge is -2.29. The number of rotatable bonds is 10. The fourth-order valence-corrected chi connectivity index (χ4v) is 6.58. The van der Waals surface area contributed by atoms with Crippen molar-refractivity contribution in [1.82, 2.24) is 29.9 Å². The molecule has 11 nitrogen and oxygen atoms in total. The quantitative estimate of drug-likeness (QED) is 0.303. The second kappa shape index (κ2) is 10.9. The zero-order chi connectivity index (χ0) is 28.8. The summed E-state index contributed by atoms with van der Waals surface area (Å²) in [5.74, 6) is -1.01. The zero-order valence-corrected chi connectivity index (χ0v) is 22.8. The highest BCUT2D eigenvalue weighted by Gasteiger charge is 2.44. The van der Waals surface area contributed by atoms with Gasteiger partial charge < -0.3 is 20.7 Å². The van der Waals surface area contributed by atoms with Gasteiger partial charge in [-0.2, -0.15) is 8.78 Å². The summed E-state index contributed by atoms with van der Waals surface area (Å²) in [5.41, 5.74) is 1.12. The van der Waals surface area contributed by atoms with E-state index < -0.39 is 30.8 Å². The van der Waals surface area contributed by atoms with E-state index in [1.807, 2.05) is 0 Å². The summed E-state index contributed by atoms with van der Waals surface area (Å²) in [6.45, 7) is -2.68. The monoisotopic (exact) mass is 596 g/mol. The van der Waals surface area contributed by atoms with Gasteiger partial charge in [-0.3, -0.25) is 14.2 Å². The number of hydrogen-bond donors (Lipinski definition) is 3. The van der Waals surface area contributed by atoms with Crippen LogP contribution in [0.15, 0.2) is 12.4 Å². The fraction of sp³-hybridized carbons (Fsp3) is 0.560. The predicted octanol–water partition coefficient (Wildman–Crippen LogP) is 3.92. The van der Waals surface area contributed by atoms with Crippen LogP contribution in [0, 0.1) is 11.8 Å². The van der Waals surface area contributed by atoms with Crippen molar-refractivity contribution in [3.05, 3.63) is 28.4 Å². The average Bonchev–Trinajstić information content (AvgIpc) is 3.19. The molecule has 0 spiro atoms. The number of alkyl halides is 4. The molecule has 16 heteroatoms. The highest BCUT2D eigenvalue weighted by molar-refractivity contribution is 7.17. The molecule has 3 aliphatic rings. The Kier molecular flexibility index (Phi) is 7.34. The van der Waals surface area contributed by atoms with Crippen molar-refractivity contribution in [3.8, 4) is 5.88 Å². The predicted molar refractivity (Wildman–Crippen MR) is 140 cm³/mol. The topological polar surface area (TPSA) is 128 Å². The molecule has 220 valence electrons. The number of nitrogens with zero attached hydrogens (tertiary/aromatic N) is 5. The Balaban J connectivity index is 1.23. The van der Waals surface area contributed by atoms with E-state index in [2.05, 4.69) is 36.0 Å². The Morgan fingerprint density at radius 1 is 1.24 bits per heavy atom. The molecule has 2 fully saturated rings. The van der Waals surface area contributed by atoms with Crippen LogP contribution in [0.2, 0.25) is 0 Å². The molecule has 3 atom stereocenters. The Hall–Kier alpha value is -3.69. The van der Waals surface area contributed by atoms with Crippen molar-refractivity contribution in [3.63, 3.8) is 0 Å². The number of fused-ring (bicyclic) bond motifs is 1. The first kappa shape index (κ1) is 27.5. The Morgan fingerprint density at radius 2 is 2.02 bits per heavy atom. The maximum Gasteiger partial charge on any atom is 0.388 e. The van der Waals surface area contributed by atoms with Crippen molar-refractivity contribution >= 4 is 39.9 Å². The first-order chi connectivity index (χ1) is 19.7. The fourth-order valence-electron chi connectivity index (χ4n) is 5.34. The molecule has 0 saturated heterocycles. The van der Waals surface area contributed by atoms with E-state index in [1.165, 1.54) is 28.4 Å². The maximum absolute atomic E-state index is 13.6. The molecular weight excluding hydrogens is 568 g/mol. The van der Waals surface area contributed by atoms with Crippen molar-refractivity contribution in [2.24, 2.45) is 18.9 Å². The average molecular weight is 597 g/mol. The third-order valence-electron chi connectivity index (χ3n) is 7.75. The van der Waals surface area contributed by atoms with Crippen LogP contribution >= 0.6 is 11.3 Å². The number of halogens is 4. The van der Waals surface area contributed by atoms with Gasteiger partial charge >= 0.3 is 6.61 Å². The van der Waals surface area contributed by atoms with Gasteiger partial charge in [0.1, 0.15) is 29.5 Å². The highest BCUT2D eigenvalue weighted by atomic mass is 32.1. The van der Waals surface area contributed by atoms with Crippen LogP contribution in [0.5, 0.6) is 5.88 Å². The minimum atomic E-state index is -3.01. The Labute approximate surface area is 235 Å². The molecule has 2 saturated carbocycles. The molecule has 3 N–H and O–H groups in total. The second-order valence-electron chi connectivity index (χ2n) is 10.7. The van der Waals surface area contributed by atoms with Gasteiger partial charge in [0, 0.05) is 30.6 Å². The lowest BCUT2D eigenvalue weighted by atomic mass is 9.83. The smallest absolute Gasteiger partial charge is 0.388 e. The normalized spacial score (nSPS) is 24.9. The molecule has 3 aromatic heterocycles. The summed E-state index contributed by atoms with van der Waals surface area (Å²) in [7, 11) is 1.56. The van der Waals surface area contributed by atoms with E-state index in [0.29, 0.717) is 61.0 Å². The molecular formula is C25H28F4N8O3S. The van der Waals surface area contributed by atoms with Crippen LogP contribution < -0.4 is 20.7 Å². The second-order valence-corrected chi connectivity index (χ2v) is 11.8.